The molecule has 5 rings (SSSR count). The minimum absolute atomic E-state index is 0.187. The molecule has 1 aliphatic heterocycles. The van der Waals surface area contributed by atoms with Gasteiger partial charge in [0.05, 0.1) is 11.6 Å². The maximum Gasteiger partial charge on any atom is 0.271 e. The van der Waals surface area contributed by atoms with Crippen molar-refractivity contribution in [2.24, 2.45) is 0 Å². The van der Waals surface area contributed by atoms with Crippen molar-refractivity contribution in [2.45, 2.75) is 32.0 Å². The molecule has 1 aromatic heterocycles. The van der Waals surface area contributed by atoms with Gasteiger partial charge in [0.15, 0.2) is 18.0 Å². The lowest BCUT2D eigenvalue weighted by Gasteiger charge is -2.18. The first-order valence-corrected chi connectivity index (χ1v) is 9.58. The van der Waals surface area contributed by atoms with E-state index in [2.05, 4.69) is 10.2 Å². The number of quaternary nitrogens is 1. The quantitative estimate of drug-likeness (QED) is 0.661. The smallest absolute Gasteiger partial charge is 0.271 e. The van der Waals surface area contributed by atoms with Crippen LogP contribution in [0.1, 0.15) is 24.3 Å². The Morgan fingerprint density at radius 1 is 1.04 bits per heavy atom. The van der Waals surface area contributed by atoms with Crippen molar-refractivity contribution >= 4 is 11.6 Å². The number of nitrogens with one attached hydrogen (secondary N) is 1. The highest BCUT2D eigenvalue weighted by Crippen LogP contribution is 2.37. The number of hydrogen-bond donors (Lipinski definition) is 2. The van der Waals surface area contributed by atoms with Crippen LogP contribution in [0.5, 0.6) is 17.2 Å². The molecule has 0 amide bonds. The zero-order valence-electron chi connectivity index (χ0n) is 15.0. The molecule has 2 heterocycles. The minimum Gasteiger partial charge on any atom is -0.507 e. The molecule has 144 valence electrons. The molecule has 7 nitrogen and oxygen atoms in total. The molecule has 8 heteroatoms. The Morgan fingerprint density at radius 2 is 1.79 bits per heavy atom. The summed E-state index contributed by atoms with van der Waals surface area (Å²) in [7, 11) is 0. The van der Waals surface area contributed by atoms with Crippen LogP contribution in [0.4, 0.5) is 0 Å². The number of aromatic nitrogens is 2. The molecule has 1 unspecified atom stereocenters. The summed E-state index contributed by atoms with van der Waals surface area (Å²) in [6.45, 7) is 1.43. The van der Waals surface area contributed by atoms with Gasteiger partial charge in [0.2, 0.25) is 12.7 Å². The lowest BCUT2D eigenvalue weighted by molar-refractivity contribution is -0.939. The Bertz CT molecular complexity index is 1000. The summed E-state index contributed by atoms with van der Waals surface area (Å²) in [4.78, 5) is 1.28. The monoisotopic (exact) mass is 400 g/mol. The predicted octanol–water partition coefficient (Wildman–Crippen LogP) is 2.57. The van der Waals surface area contributed by atoms with Gasteiger partial charge in [-0.2, -0.15) is 0 Å². The summed E-state index contributed by atoms with van der Waals surface area (Å²) in [6, 6.07) is 11.3. The van der Waals surface area contributed by atoms with Crippen molar-refractivity contribution in [1.29, 1.82) is 0 Å². The van der Waals surface area contributed by atoms with Crippen LogP contribution in [0.15, 0.2) is 40.8 Å². The number of fused-ring (bicyclic) bond motifs is 1. The van der Waals surface area contributed by atoms with Crippen molar-refractivity contribution < 1.29 is 23.9 Å². The van der Waals surface area contributed by atoms with Crippen molar-refractivity contribution in [3.05, 3.63) is 52.9 Å². The molecule has 1 saturated carbocycles. The van der Waals surface area contributed by atoms with Gasteiger partial charge in [0.25, 0.3) is 5.89 Å². The number of aromatic hydroxyl groups is 1. The van der Waals surface area contributed by atoms with Gasteiger partial charge in [-0.15, -0.1) is 10.2 Å². The van der Waals surface area contributed by atoms with E-state index in [1.54, 1.807) is 18.2 Å². The van der Waals surface area contributed by atoms with Gasteiger partial charge < -0.3 is 23.9 Å². The summed E-state index contributed by atoms with van der Waals surface area (Å²) < 4.78 is 16.6. The topological polar surface area (TPSA) is 82.1 Å². The van der Waals surface area contributed by atoms with Gasteiger partial charge in [0.1, 0.15) is 12.3 Å². The summed E-state index contributed by atoms with van der Waals surface area (Å²) >= 11 is 5.93. The maximum absolute atomic E-state index is 10.4. The molecule has 0 saturated heterocycles. The number of benzene rings is 2. The van der Waals surface area contributed by atoms with Crippen LogP contribution in [-0.4, -0.2) is 28.1 Å². The van der Waals surface area contributed by atoms with E-state index in [4.69, 9.17) is 25.5 Å². The van der Waals surface area contributed by atoms with Gasteiger partial charge in [-0.25, -0.2) is 0 Å². The van der Waals surface area contributed by atoms with E-state index in [1.165, 1.54) is 4.90 Å². The second kappa shape index (κ2) is 7.00. The Hall–Kier alpha value is -2.77. The molecule has 0 spiro atoms. The van der Waals surface area contributed by atoms with E-state index in [1.807, 2.05) is 18.2 Å². The van der Waals surface area contributed by atoms with Gasteiger partial charge in [0, 0.05) is 29.5 Å². The molecule has 3 aromatic rings. The van der Waals surface area contributed by atoms with Gasteiger partial charge in [-0.05, 0) is 30.3 Å². The van der Waals surface area contributed by atoms with Crippen LogP contribution in [0.25, 0.3) is 11.5 Å². The third kappa shape index (κ3) is 3.50. The highest BCUT2D eigenvalue weighted by atomic mass is 35.5. The van der Waals surface area contributed by atoms with Gasteiger partial charge in [-0.3, -0.25) is 0 Å². The van der Waals surface area contributed by atoms with Crippen molar-refractivity contribution in [2.75, 3.05) is 6.79 Å². The molecular weight excluding hydrogens is 382 g/mol. The van der Waals surface area contributed by atoms with Crippen LogP contribution < -0.4 is 14.4 Å². The fourth-order valence-corrected chi connectivity index (χ4v) is 3.56. The number of phenols is 1. The van der Waals surface area contributed by atoms with Crippen molar-refractivity contribution in [3.63, 3.8) is 0 Å². The molecule has 1 aliphatic carbocycles. The first kappa shape index (κ1) is 17.3. The fourth-order valence-electron chi connectivity index (χ4n) is 3.43. The average Bonchev–Trinajstić information content (AvgIpc) is 3.27. The molecule has 2 aliphatic rings. The minimum atomic E-state index is 0.187. The third-order valence-electron chi connectivity index (χ3n) is 5.08. The Balaban J connectivity index is 1.34. The van der Waals surface area contributed by atoms with E-state index >= 15 is 0 Å². The van der Waals surface area contributed by atoms with E-state index in [0.717, 1.165) is 24.0 Å². The van der Waals surface area contributed by atoms with E-state index in [-0.39, 0.29) is 12.5 Å². The number of hydrogen-bond acceptors (Lipinski definition) is 6. The second-order valence-corrected chi connectivity index (χ2v) is 7.56. The van der Waals surface area contributed by atoms with Crippen LogP contribution >= 0.6 is 11.6 Å². The fraction of sp³-hybridized carbons (Fsp3) is 0.300. The van der Waals surface area contributed by atoms with Crippen LogP contribution in [0.2, 0.25) is 5.02 Å². The summed E-state index contributed by atoms with van der Waals surface area (Å²) in [5.41, 5.74) is 1.66. The zero-order valence-corrected chi connectivity index (χ0v) is 15.8. The number of rotatable bonds is 6. The highest BCUT2D eigenvalue weighted by molar-refractivity contribution is 6.30. The van der Waals surface area contributed by atoms with Crippen molar-refractivity contribution in [3.8, 4) is 28.7 Å². The molecular formula is C20H19ClN3O4+. The largest absolute Gasteiger partial charge is 0.507 e. The maximum atomic E-state index is 10.4. The molecule has 2 aromatic carbocycles. The first-order chi connectivity index (χ1) is 13.7. The zero-order chi connectivity index (χ0) is 19.1. The van der Waals surface area contributed by atoms with Gasteiger partial charge >= 0.3 is 0 Å². The van der Waals surface area contributed by atoms with E-state index < -0.39 is 0 Å². The predicted molar refractivity (Wildman–Crippen MR) is 100 cm³/mol. The Labute approximate surface area is 166 Å². The number of ether oxygens (including phenoxy) is 2. The van der Waals surface area contributed by atoms with Crippen LogP contribution in [-0.2, 0) is 13.1 Å². The number of halogens is 1. The highest BCUT2D eigenvalue weighted by Gasteiger charge is 2.35. The summed E-state index contributed by atoms with van der Waals surface area (Å²) in [5, 5.41) is 19.4. The lowest BCUT2D eigenvalue weighted by atomic mass is 10.1. The van der Waals surface area contributed by atoms with E-state index in [9.17, 15) is 5.11 Å². The molecule has 28 heavy (non-hydrogen) atoms. The third-order valence-corrected chi connectivity index (χ3v) is 5.33. The number of nitrogens with zero attached hydrogens (tertiary/aromatic N) is 2. The van der Waals surface area contributed by atoms with Crippen molar-refractivity contribution in [1.82, 2.24) is 10.2 Å². The Kier molecular flexibility index (Phi) is 4.33. The summed E-state index contributed by atoms with van der Waals surface area (Å²) in [5.74, 6) is 2.53. The summed E-state index contributed by atoms with van der Waals surface area (Å²) in [6.07, 6.45) is 2.30. The molecule has 0 radical (unpaired) electrons. The standard InChI is InChI=1S/C20H18ClN3O4/c21-14-3-1-12(2-4-14)20-23-22-19(28-20)10-24(15-5-6-15)9-13-7-17-18(8-16(13)25)27-11-26-17/h1-4,7-8,15,25H,5-6,9-11H2/p+1. The van der Waals surface area contributed by atoms with Crippen LogP contribution in [0.3, 0.4) is 0 Å². The normalized spacial score (nSPS) is 16.3. The SMILES string of the molecule is Oc1cc2c(cc1C[NH+](Cc1nnc(-c3ccc(Cl)cc3)o1)C1CC1)OCO2. The van der Waals surface area contributed by atoms with E-state index in [0.29, 0.717) is 47.4 Å². The lowest BCUT2D eigenvalue weighted by Crippen LogP contribution is -3.10. The Morgan fingerprint density at radius 3 is 2.54 bits per heavy atom. The average molecular weight is 401 g/mol. The molecule has 1 fully saturated rings. The second-order valence-electron chi connectivity index (χ2n) is 7.13. The van der Waals surface area contributed by atoms with Crippen LogP contribution in [0, 0.1) is 0 Å². The van der Waals surface area contributed by atoms with Gasteiger partial charge in [-0.1, -0.05) is 11.6 Å². The molecule has 2 N–H and O–H groups in total. The molecule has 1 atom stereocenters. The first-order valence-electron chi connectivity index (χ1n) is 9.20. The molecule has 0 bridgehead atoms. The number of phenolic OH excluding ortho intramolecular Hbond substituents is 1.